The molecule has 1 saturated heterocycles. The Balaban J connectivity index is 0.00000144. The summed E-state index contributed by atoms with van der Waals surface area (Å²) >= 11 is 0. The first kappa shape index (κ1) is 20.6. The summed E-state index contributed by atoms with van der Waals surface area (Å²) in [5.74, 6) is 1.06. The predicted octanol–water partition coefficient (Wildman–Crippen LogP) is 0.924. The van der Waals surface area contributed by atoms with Crippen molar-refractivity contribution >= 4 is 36.0 Å². The number of aromatic nitrogens is 3. The summed E-state index contributed by atoms with van der Waals surface area (Å²) in [5, 5.41) is 0. The second kappa shape index (κ2) is 9.17. The lowest BCUT2D eigenvalue weighted by atomic mass is 10.1. The van der Waals surface area contributed by atoms with Gasteiger partial charge in [-0.25, -0.2) is 4.98 Å². The number of nitrogens with zero attached hydrogens (tertiary/aromatic N) is 4. The number of fused-ring (bicyclic) bond motifs is 1. The highest BCUT2D eigenvalue weighted by atomic mass is 35.5. The van der Waals surface area contributed by atoms with Crippen molar-refractivity contribution in [2.45, 2.75) is 13.0 Å². The molecule has 0 amide bonds. The zero-order valence-corrected chi connectivity index (χ0v) is 15.2. The summed E-state index contributed by atoms with van der Waals surface area (Å²) < 4.78 is 6.81. The van der Waals surface area contributed by atoms with E-state index in [1.54, 1.807) is 17.7 Å². The first-order chi connectivity index (χ1) is 10.7. The van der Waals surface area contributed by atoms with Crippen LogP contribution in [0.4, 0.5) is 0 Å². The Kier molecular flexibility index (Phi) is 7.89. The van der Waals surface area contributed by atoms with E-state index in [4.69, 9.17) is 10.5 Å². The summed E-state index contributed by atoms with van der Waals surface area (Å²) in [6, 6.07) is 3.56. The molecule has 2 aromatic heterocycles. The van der Waals surface area contributed by atoms with Crippen LogP contribution in [0.5, 0.6) is 5.88 Å². The second-order valence-electron chi connectivity index (χ2n) is 5.64. The van der Waals surface area contributed by atoms with Crippen LogP contribution in [0.25, 0.3) is 11.2 Å². The molecule has 0 bridgehead atoms. The molecule has 1 fully saturated rings. The van der Waals surface area contributed by atoms with Crippen molar-refractivity contribution in [2.24, 2.45) is 11.7 Å². The standard InChI is InChI=1S/C15H21N5O2.2ClH/c1-22-13-3-2-12-15(18-13)20(14(21)9-17-12)7-6-19-5-4-11(8-16)10-19;;/h2-3,9,11H,4-8,10,16H2,1H3;2*1H/t11-;;/m0../s1. The number of rotatable bonds is 5. The summed E-state index contributed by atoms with van der Waals surface area (Å²) in [4.78, 5) is 23.0. The molecule has 7 nitrogen and oxygen atoms in total. The quantitative estimate of drug-likeness (QED) is 0.836. The van der Waals surface area contributed by atoms with Crippen LogP contribution in [0, 0.1) is 5.92 Å². The van der Waals surface area contributed by atoms with Gasteiger partial charge in [0.05, 0.1) is 13.3 Å². The molecule has 134 valence electrons. The normalized spacial score (nSPS) is 17.3. The smallest absolute Gasteiger partial charge is 0.270 e. The summed E-state index contributed by atoms with van der Waals surface area (Å²) in [5.41, 5.74) is 6.85. The molecule has 0 spiro atoms. The highest BCUT2D eigenvalue weighted by Crippen LogP contribution is 2.16. The van der Waals surface area contributed by atoms with E-state index in [1.807, 2.05) is 6.07 Å². The van der Waals surface area contributed by atoms with E-state index >= 15 is 0 Å². The van der Waals surface area contributed by atoms with E-state index in [0.29, 0.717) is 29.5 Å². The number of methoxy groups -OCH3 is 1. The number of hydrogen-bond donors (Lipinski definition) is 1. The van der Waals surface area contributed by atoms with Gasteiger partial charge in [0, 0.05) is 25.7 Å². The fraction of sp³-hybridized carbons (Fsp3) is 0.533. The number of pyridine rings is 1. The van der Waals surface area contributed by atoms with Gasteiger partial charge in [-0.2, -0.15) is 4.98 Å². The molecule has 1 aliphatic rings. The number of likely N-dealkylation sites (tertiary alicyclic amines) is 1. The van der Waals surface area contributed by atoms with E-state index in [9.17, 15) is 4.79 Å². The minimum atomic E-state index is -0.136. The summed E-state index contributed by atoms with van der Waals surface area (Å²) in [7, 11) is 1.56. The van der Waals surface area contributed by atoms with Gasteiger partial charge in [0.15, 0.2) is 5.65 Å². The topological polar surface area (TPSA) is 86.3 Å². The molecular weight excluding hydrogens is 353 g/mol. The maximum atomic E-state index is 12.1. The SMILES string of the molecule is COc1ccc2ncc(=O)n(CCN3CC[C@@H](CN)C3)c2n1.Cl.Cl. The summed E-state index contributed by atoms with van der Waals surface area (Å²) in [6.07, 6.45) is 2.48. The molecule has 3 heterocycles. The molecular formula is C15H23Cl2N5O2. The summed E-state index contributed by atoms with van der Waals surface area (Å²) in [6.45, 7) is 4.18. The molecule has 0 unspecified atom stereocenters. The molecule has 0 aromatic carbocycles. The van der Waals surface area contributed by atoms with E-state index in [-0.39, 0.29) is 30.4 Å². The average Bonchev–Trinajstić information content (AvgIpc) is 3.01. The predicted molar refractivity (Wildman–Crippen MR) is 98.4 cm³/mol. The van der Waals surface area contributed by atoms with Crippen LogP contribution in [0.3, 0.4) is 0 Å². The molecule has 9 heteroatoms. The minimum absolute atomic E-state index is 0. The Morgan fingerprint density at radius 2 is 2.12 bits per heavy atom. The fourth-order valence-corrected chi connectivity index (χ4v) is 2.90. The maximum Gasteiger partial charge on any atom is 0.270 e. The van der Waals surface area contributed by atoms with Gasteiger partial charge in [0.25, 0.3) is 5.56 Å². The van der Waals surface area contributed by atoms with Crippen LogP contribution >= 0.6 is 24.8 Å². The van der Waals surface area contributed by atoms with Crippen molar-refractivity contribution < 1.29 is 4.74 Å². The molecule has 0 saturated carbocycles. The zero-order chi connectivity index (χ0) is 15.5. The lowest BCUT2D eigenvalue weighted by Gasteiger charge is -2.17. The van der Waals surface area contributed by atoms with Gasteiger partial charge < -0.3 is 15.4 Å². The van der Waals surface area contributed by atoms with Crippen LogP contribution in [-0.4, -0.2) is 52.7 Å². The van der Waals surface area contributed by atoms with Crippen molar-refractivity contribution in [3.8, 4) is 5.88 Å². The van der Waals surface area contributed by atoms with E-state index in [0.717, 1.165) is 32.6 Å². The third-order valence-corrected chi connectivity index (χ3v) is 4.22. The van der Waals surface area contributed by atoms with Crippen molar-refractivity contribution in [2.75, 3.05) is 33.3 Å². The largest absolute Gasteiger partial charge is 0.481 e. The van der Waals surface area contributed by atoms with Crippen LogP contribution in [0.2, 0.25) is 0 Å². The van der Waals surface area contributed by atoms with Gasteiger partial charge in [-0.3, -0.25) is 9.36 Å². The third-order valence-electron chi connectivity index (χ3n) is 4.22. The number of halogens is 2. The highest BCUT2D eigenvalue weighted by Gasteiger charge is 2.21. The van der Waals surface area contributed by atoms with Gasteiger partial charge in [-0.05, 0) is 31.5 Å². The van der Waals surface area contributed by atoms with Crippen molar-refractivity contribution in [3.05, 3.63) is 28.7 Å². The van der Waals surface area contributed by atoms with Gasteiger partial charge in [-0.1, -0.05) is 0 Å². The Labute approximate surface area is 153 Å². The molecule has 2 N–H and O–H groups in total. The first-order valence-corrected chi connectivity index (χ1v) is 7.54. The maximum absolute atomic E-state index is 12.1. The Hall–Kier alpha value is -1.41. The first-order valence-electron chi connectivity index (χ1n) is 7.54. The lowest BCUT2D eigenvalue weighted by molar-refractivity contribution is 0.310. The lowest BCUT2D eigenvalue weighted by Crippen LogP contribution is -2.31. The zero-order valence-electron chi connectivity index (χ0n) is 13.6. The molecule has 1 aliphatic heterocycles. The van der Waals surface area contributed by atoms with Gasteiger partial charge in [-0.15, -0.1) is 24.8 Å². The van der Waals surface area contributed by atoms with E-state index in [1.165, 1.54) is 6.20 Å². The number of hydrogen-bond acceptors (Lipinski definition) is 6. The van der Waals surface area contributed by atoms with Crippen molar-refractivity contribution in [3.63, 3.8) is 0 Å². The van der Waals surface area contributed by atoms with Gasteiger partial charge in [0.2, 0.25) is 5.88 Å². The van der Waals surface area contributed by atoms with Gasteiger partial charge in [0.1, 0.15) is 5.52 Å². The minimum Gasteiger partial charge on any atom is -0.481 e. The monoisotopic (exact) mass is 375 g/mol. The average molecular weight is 376 g/mol. The Morgan fingerprint density at radius 1 is 1.33 bits per heavy atom. The highest BCUT2D eigenvalue weighted by molar-refractivity contribution is 5.85. The van der Waals surface area contributed by atoms with E-state index in [2.05, 4.69) is 14.9 Å². The fourth-order valence-electron chi connectivity index (χ4n) is 2.90. The molecule has 0 aliphatic carbocycles. The van der Waals surface area contributed by atoms with Crippen molar-refractivity contribution in [1.82, 2.24) is 19.4 Å². The third kappa shape index (κ3) is 4.36. The Bertz CT molecular complexity index is 725. The molecule has 1 atom stereocenters. The van der Waals surface area contributed by atoms with E-state index < -0.39 is 0 Å². The van der Waals surface area contributed by atoms with Gasteiger partial charge >= 0.3 is 0 Å². The van der Waals surface area contributed by atoms with Crippen LogP contribution in [0.1, 0.15) is 6.42 Å². The number of nitrogens with two attached hydrogens (primary N) is 1. The second-order valence-corrected chi connectivity index (χ2v) is 5.64. The van der Waals surface area contributed by atoms with Crippen LogP contribution < -0.4 is 16.0 Å². The molecule has 2 aromatic rings. The molecule has 3 rings (SSSR count). The van der Waals surface area contributed by atoms with Crippen molar-refractivity contribution in [1.29, 1.82) is 0 Å². The Morgan fingerprint density at radius 3 is 2.79 bits per heavy atom. The molecule has 24 heavy (non-hydrogen) atoms. The van der Waals surface area contributed by atoms with Crippen LogP contribution in [-0.2, 0) is 6.54 Å². The molecule has 0 radical (unpaired) electrons. The van der Waals surface area contributed by atoms with Crippen LogP contribution in [0.15, 0.2) is 23.1 Å². The number of ether oxygens (including phenoxy) is 1.